The Morgan fingerprint density at radius 1 is 1.58 bits per heavy atom. The van der Waals surface area contributed by atoms with Gasteiger partial charge < -0.3 is 15.2 Å². The summed E-state index contributed by atoms with van der Waals surface area (Å²) in [6.07, 6.45) is 0. The molecule has 0 aliphatic rings. The number of anilines is 1. The molecular weight excluding hydrogens is 254 g/mol. The molecule has 0 saturated heterocycles. The van der Waals surface area contributed by atoms with Crippen LogP contribution in [0.15, 0.2) is 12.1 Å². The third-order valence-electron chi connectivity index (χ3n) is 2.32. The number of hydrogen-bond donors (Lipinski definition) is 2. The van der Waals surface area contributed by atoms with Gasteiger partial charge >= 0.3 is 11.7 Å². The molecule has 0 unspecified atom stereocenters. The van der Waals surface area contributed by atoms with Crippen molar-refractivity contribution < 1.29 is 19.6 Å². The van der Waals surface area contributed by atoms with Crippen LogP contribution < -0.4 is 5.32 Å². The van der Waals surface area contributed by atoms with Gasteiger partial charge in [-0.15, -0.1) is 0 Å². The molecule has 1 heterocycles. The molecule has 0 radical (unpaired) electrons. The number of esters is 1. The van der Waals surface area contributed by atoms with Gasteiger partial charge in [0.1, 0.15) is 0 Å². The average Bonchev–Trinajstić information content (AvgIpc) is 2.37. The second-order valence-electron chi connectivity index (χ2n) is 4.48. The molecule has 2 N–H and O–H groups in total. The number of aliphatic hydroxyl groups excluding tert-OH is 1. The van der Waals surface area contributed by atoms with Crippen LogP contribution in [0.25, 0.3) is 0 Å². The predicted octanol–water partition coefficient (Wildman–Crippen LogP) is 0.959. The van der Waals surface area contributed by atoms with Crippen molar-refractivity contribution in [3.63, 3.8) is 0 Å². The van der Waals surface area contributed by atoms with E-state index >= 15 is 0 Å². The van der Waals surface area contributed by atoms with Crippen molar-refractivity contribution >= 4 is 17.5 Å². The standard InChI is InChI=1S/C11H15N3O5/c1-11(2,6-15)13-9-8(14(17)18)5-4-7(12-9)10(16)19-3/h4-5,15H,6H2,1-3H3,(H,12,13). The molecule has 8 heteroatoms. The fourth-order valence-electron chi connectivity index (χ4n) is 1.27. The van der Waals surface area contributed by atoms with Crippen LogP contribution >= 0.6 is 0 Å². The maximum Gasteiger partial charge on any atom is 0.356 e. The zero-order valence-electron chi connectivity index (χ0n) is 10.8. The molecule has 1 aromatic rings. The zero-order valence-corrected chi connectivity index (χ0v) is 10.8. The van der Waals surface area contributed by atoms with Crippen LogP contribution in [-0.4, -0.2) is 40.2 Å². The largest absolute Gasteiger partial charge is 0.464 e. The lowest BCUT2D eigenvalue weighted by Crippen LogP contribution is -2.35. The van der Waals surface area contributed by atoms with Crippen molar-refractivity contribution in [1.82, 2.24) is 4.98 Å². The van der Waals surface area contributed by atoms with E-state index in [0.29, 0.717) is 0 Å². The summed E-state index contributed by atoms with van der Waals surface area (Å²) in [5, 5.41) is 22.8. The Kier molecular flexibility index (Phi) is 4.38. The Morgan fingerprint density at radius 3 is 2.68 bits per heavy atom. The summed E-state index contributed by atoms with van der Waals surface area (Å²) in [7, 11) is 1.19. The van der Waals surface area contributed by atoms with Gasteiger partial charge in [-0.3, -0.25) is 10.1 Å². The van der Waals surface area contributed by atoms with E-state index in [1.54, 1.807) is 13.8 Å². The van der Waals surface area contributed by atoms with Crippen molar-refractivity contribution in [2.75, 3.05) is 19.0 Å². The number of carbonyl (C=O) groups excluding carboxylic acids is 1. The monoisotopic (exact) mass is 269 g/mol. The number of hydrogen-bond acceptors (Lipinski definition) is 7. The SMILES string of the molecule is COC(=O)c1ccc([N+](=O)[O-])c(NC(C)(C)CO)n1. The molecule has 0 bridgehead atoms. The predicted molar refractivity (Wildman–Crippen MR) is 67.0 cm³/mol. The van der Waals surface area contributed by atoms with E-state index in [2.05, 4.69) is 15.0 Å². The number of nitrogens with one attached hydrogen (secondary N) is 1. The van der Waals surface area contributed by atoms with Crippen molar-refractivity contribution in [2.24, 2.45) is 0 Å². The maximum absolute atomic E-state index is 11.4. The van der Waals surface area contributed by atoms with Gasteiger partial charge in [-0.05, 0) is 19.9 Å². The van der Waals surface area contributed by atoms with Gasteiger partial charge in [0.2, 0.25) is 5.82 Å². The number of methoxy groups -OCH3 is 1. The van der Waals surface area contributed by atoms with E-state index in [4.69, 9.17) is 5.11 Å². The lowest BCUT2D eigenvalue weighted by atomic mass is 10.1. The van der Waals surface area contributed by atoms with Crippen molar-refractivity contribution in [3.05, 3.63) is 27.9 Å². The van der Waals surface area contributed by atoms with Gasteiger partial charge in [0, 0.05) is 6.07 Å². The summed E-state index contributed by atoms with van der Waals surface area (Å²) in [6.45, 7) is 3.03. The van der Waals surface area contributed by atoms with E-state index in [-0.39, 0.29) is 23.8 Å². The fourth-order valence-corrected chi connectivity index (χ4v) is 1.27. The van der Waals surface area contributed by atoms with Crippen LogP contribution in [0.1, 0.15) is 24.3 Å². The molecule has 1 rings (SSSR count). The van der Waals surface area contributed by atoms with Gasteiger partial charge in [-0.2, -0.15) is 0 Å². The highest BCUT2D eigenvalue weighted by molar-refractivity contribution is 5.88. The fraction of sp³-hybridized carbons (Fsp3) is 0.455. The topological polar surface area (TPSA) is 115 Å². The van der Waals surface area contributed by atoms with Crippen LogP contribution in [0.5, 0.6) is 0 Å². The van der Waals surface area contributed by atoms with Crippen LogP contribution in [-0.2, 0) is 4.74 Å². The third-order valence-corrected chi connectivity index (χ3v) is 2.32. The van der Waals surface area contributed by atoms with Crippen LogP contribution in [0.3, 0.4) is 0 Å². The molecule has 0 spiro atoms. The molecule has 19 heavy (non-hydrogen) atoms. The van der Waals surface area contributed by atoms with Crippen molar-refractivity contribution in [2.45, 2.75) is 19.4 Å². The highest BCUT2D eigenvalue weighted by atomic mass is 16.6. The molecule has 0 aromatic carbocycles. The third kappa shape index (κ3) is 3.62. The van der Waals surface area contributed by atoms with Gasteiger partial charge in [0.25, 0.3) is 0 Å². The van der Waals surface area contributed by atoms with E-state index in [9.17, 15) is 14.9 Å². The van der Waals surface area contributed by atoms with Crippen molar-refractivity contribution in [1.29, 1.82) is 0 Å². The molecule has 0 atom stereocenters. The quantitative estimate of drug-likeness (QED) is 0.464. The molecule has 0 aliphatic carbocycles. The molecular formula is C11H15N3O5. The Hall–Kier alpha value is -2.22. The van der Waals surface area contributed by atoms with Crippen molar-refractivity contribution in [3.8, 4) is 0 Å². The van der Waals surface area contributed by atoms with Crippen LogP contribution in [0.2, 0.25) is 0 Å². The number of ether oxygens (including phenoxy) is 1. The minimum atomic E-state index is -0.813. The first kappa shape index (κ1) is 14.8. The summed E-state index contributed by atoms with van der Waals surface area (Å²) in [5.74, 6) is -0.785. The summed E-state index contributed by atoms with van der Waals surface area (Å²) in [4.78, 5) is 25.5. The Bertz CT molecular complexity index is 501. The Morgan fingerprint density at radius 2 is 2.21 bits per heavy atom. The lowest BCUT2D eigenvalue weighted by Gasteiger charge is -2.23. The molecule has 104 valence electrons. The normalized spacial score (nSPS) is 10.9. The van der Waals surface area contributed by atoms with E-state index in [1.165, 1.54) is 13.2 Å². The first-order valence-corrected chi connectivity index (χ1v) is 5.43. The van der Waals surface area contributed by atoms with Crippen LogP contribution in [0.4, 0.5) is 11.5 Å². The minimum absolute atomic E-state index is 0.0515. The summed E-state index contributed by atoms with van der Waals surface area (Å²) < 4.78 is 4.50. The summed E-state index contributed by atoms with van der Waals surface area (Å²) in [5.41, 5.74) is -1.15. The Labute approximate surface area is 109 Å². The highest BCUT2D eigenvalue weighted by Crippen LogP contribution is 2.25. The molecule has 0 fully saturated rings. The second-order valence-corrected chi connectivity index (χ2v) is 4.48. The lowest BCUT2D eigenvalue weighted by molar-refractivity contribution is -0.384. The van der Waals surface area contributed by atoms with Gasteiger partial charge in [0.05, 0.1) is 24.2 Å². The number of aromatic nitrogens is 1. The Balaban J connectivity index is 3.23. The first-order chi connectivity index (χ1) is 8.80. The van der Waals surface area contributed by atoms with Gasteiger partial charge in [0.15, 0.2) is 5.69 Å². The van der Waals surface area contributed by atoms with Crippen LogP contribution in [0, 0.1) is 10.1 Å². The van der Waals surface area contributed by atoms with E-state index in [0.717, 1.165) is 6.07 Å². The van der Waals surface area contributed by atoms with E-state index < -0.39 is 16.4 Å². The van der Waals surface area contributed by atoms with E-state index in [1.807, 2.05) is 0 Å². The summed E-state index contributed by atoms with van der Waals surface area (Å²) in [6, 6.07) is 2.37. The number of nitro groups is 1. The molecule has 0 aliphatic heterocycles. The number of carbonyl (C=O) groups is 1. The van der Waals surface area contributed by atoms with Gasteiger partial charge in [-0.25, -0.2) is 9.78 Å². The smallest absolute Gasteiger partial charge is 0.356 e. The molecule has 8 nitrogen and oxygen atoms in total. The maximum atomic E-state index is 11.4. The molecule has 0 saturated carbocycles. The average molecular weight is 269 g/mol. The van der Waals surface area contributed by atoms with Gasteiger partial charge in [-0.1, -0.05) is 0 Å². The first-order valence-electron chi connectivity index (χ1n) is 5.43. The number of nitrogens with zero attached hydrogens (tertiary/aromatic N) is 2. The molecule has 0 amide bonds. The number of rotatable bonds is 5. The number of aliphatic hydroxyl groups is 1. The minimum Gasteiger partial charge on any atom is -0.464 e. The molecule has 1 aromatic heterocycles. The number of pyridine rings is 1. The highest BCUT2D eigenvalue weighted by Gasteiger charge is 2.24. The zero-order chi connectivity index (χ0) is 14.6. The second kappa shape index (κ2) is 5.61. The summed E-state index contributed by atoms with van der Waals surface area (Å²) >= 11 is 0.